The van der Waals surface area contributed by atoms with E-state index in [9.17, 15) is 25.5 Å². The van der Waals surface area contributed by atoms with Crippen molar-refractivity contribution in [3.8, 4) is 0 Å². The van der Waals surface area contributed by atoms with E-state index in [1.807, 2.05) is 13.8 Å². The summed E-state index contributed by atoms with van der Waals surface area (Å²) in [5.41, 5.74) is -0.505. The largest absolute Gasteiger partial charge is 0.394 e. The van der Waals surface area contributed by atoms with Gasteiger partial charge >= 0.3 is 0 Å². The molecule has 0 radical (unpaired) electrons. The molecule has 6 fully saturated rings. The third-order valence-electron chi connectivity index (χ3n) is 15.4. The molecule has 6 aliphatic rings. The predicted octanol–water partition coefficient (Wildman–Crippen LogP) is 4.57. The first-order valence-electron chi connectivity index (χ1n) is 17.7. The molecule has 0 unspecified atom stereocenters. The Morgan fingerprint density at radius 2 is 1.41 bits per heavy atom. The van der Waals surface area contributed by atoms with Gasteiger partial charge in [-0.2, -0.15) is 0 Å². The Kier molecular flexibility index (Phi) is 8.28. The van der Waals surface area contributed by atoms with Crippen molar-refractivity contribution in [1.82, 2.24) is 0 Å². The van der Waals surface area contributed by atoms with E-state index < -0.39 is 42.9 Å². The van der Waals surface area contributed by atoms with Gasteiger partial charge in [-0.15, -0.1) is 0 Å². The Labute approximate surface area is 265 Å². The monoisotopic (exact) mass is 622 g/mol. The van der Waals surface area contributed by atoms with Crippen LogP contribution in [0.5, 0.6) is 0 Å². The van der Waals surface area contributed by atoms with Crippen LogP contribution in [0.4, 0.5) is 0 Å². The maximum atomic E-state index is 10.7. The molecule has 44 heavy (non-hydrogen) atoms. The van der Waals surface area contributed by atoms with Gasteiger partial charge in [-0.05, 0) is 130 Å². The van der Waals surface area contributed by atoms with Crippen LogP contribution in [-0.4, -0.2) is 86.3 Å². The summed E-state index contributed by atoms with van der Waals surface area (Å²) in [6, 6.07) is 0. The number of rotatable bonds is 5. The van der Waals surface area contributed by atoms with E-state index in [0.717, 1.165) is 32.1 Å². The lowest BCUT2D eigenvalue weighted by Gasteiger charge is -2.70. The molecule has 8 heteroatoms. The van der Waals surface area contributed by atoms with Crippen molar-refractivity contribution < 1.29 is 39.7 Å². The standard InChI is InChI=1S/C36H62O8/c1-31(2)23-12-17-35(7)24(33(23,5)15-13-25(31)43-30-29(40)28(39)27(38)22(19-37)42-30)10-9-20-21(11-16-34(20,35)6)36(8)18-14-26(44-36)32(3,4)41/h20-30,37-41H,9-19H2,1-8H3/t20-,21+,22-,23+,24-,25-,26-,27-,28+,29-,30+,33+,34-,35-,36+/m1/s1. The maximum absolute atomic E-state index is 10.7. The van der Waals surface area contributed by atoms with Crippen molar-refractivity contribution in [3.63, 3.8) is 0 Å². The molecule has 8 nitrogen and oxygen atoms in total. The molecule has 6 rings (SSSR count). The summed E-state index contributed by atoms with van der Waals surface area (Å²) in [6.45, 7) is 18.1. The van der Waals surface area contributed by atoms with Crippen LogP contribution in [0.3, 0.4) is 0 Å². The van der Waals surface area contributed by atoms with Crippen LogP contribution in [0.2, 0.25) is 0 Å². The van der Waals surface area contributed by atoms with Gasteiger partial charge in [-0.3, -0.25) is 0 Å². The first kappa shape index (κ1) is 33.6. The molecule has 4 aliphatic carbocycles. The molecule has 0 spiro atoms. The molecule has 0 aromatic rings. The number of fused-ring (bicyclic) bond motifs is 5. The zero-order valence-corrected chi connectivity index (χ0v) is 28.6. The molecule has 254 valence electrons. The fourth-order valence-electron chi connectivity index (χ4n) is 12.7. The lowest BCUT2D eigenvalue weighted by atomic mass is 9.35. The molecular weight excluding hydrogens is 560 g/mol. The van der Waals surface area contributed by atoms with Crippen molar-refractivity contribution in [3.05, 3.63) is 0 Å². The van der Waals surface area contributed by atoms with E-state index in [-0.39, 0.29) is 39.5 Å². The molecule has 0 aromatic carbocycles. The number of aliphatic hydroxyl groups excluding tert-OH is 4. The third-order valence-corrected chi connectivity index (χ3v) is 15.4. The van der Waals surface area contributed by atoms with E-state index in [2.05, 4.69) is 41.5 Å². The van der Waals surface area contributed by atoms with E-state index in [1.54, 1.807) is 0 Å². The first-order chi connectivity index (χ1) is 20.3. The van der Waals surface area contributed by atoms with Crippen molar-refractivity contribution >= 4 is 0 Å². The van der Waals surface area contributed by atoms with E-state index in [4.69, 9.17) is 14.2 Å². The van der Waals surface area contributed by atoms with Gasteiger partial charge in [0, 0.05) is 0 Å². The van der Waals surface area contributed by atoms with Gasteiger partial charge in [-0.1, -0.05) is 34.6 Å². The molecular formula is C36H62O8. The number of aliphatic hydroxyl groups is 5. The fraction of sp³-hybridized carbons (Fsp3) is 1.00. The fourth-order valence-corrected chi connectivity index (χ4v) is 12.7. The van der Waals surface area contributed by atoms with Gasteiger partial charge in [0.1, 0.15) is 24.4 Å². The SMILES string of the molecule is CC(C)(O)[C@H]1CC[C@@](C)([C@H]2CC[C@]3(C)[C@@H]2CC[C@@H]2[C@@]4(C)CC[C@@H](O[C@@H]5O[C@H](CO)[C@@H](O)[C@H](O)[C@H]5O)C(C)(C)[C@@H]4CC[C@]23C)O1. The zero-order chi connectivity index (χ0) is 32.3. The summed E-state index contributed by atoms with van der Waals surface area (Å²) in [4.78, 5) is 0. The quantitative estimate of drug-likeness (QED) is 0.282. The molecule has 15 atom stereocenters. The van der Waals surface area contributed by atoms with Crippen molar-refractivity contribution in [2.24, 2.45) is 45.3 Å². The highest BCUT2D eigenvalue weighted by Gasteiger charge is 2.70. The Bertz CT molecular complexity index is 1070. The molecule has 0 bridgehead atoms. The van der Waals surface area contributed by atoms with Gasteiger partial charge in [0.05, 0.1) is 30.0 Å². The highest BCUT2D eigenvalue weighted by atomic mass is 16.7. The lowest BCUT2D eigenvalue weighted by molar-refractivity contribution is -0.331. The maximum Gasteiger partial charge on any atom is 0.186 e. The van der Waals surface area contributed by atoms with Gasteiger partial charge in [0.15, 0.2) is 6.29 Å². The topological polar surface area (TPSA) is 129 Å². The van der Waals surface area contributed by atoms with Crippen LogP contribution in [0.1, 0.15) is 120 Å². The summed E-state index contributed by atoms with van der Waals surface area (Å²) in [7, 11) is 0. The zero-order valence-electron chi connectivity index (χ0n) is 28.6. The Balaban J connectivity index is 1.21. The summed E-state index contributed by atoms with van der Waals surface area (Å²) < 4.78 is 19.0. The first-order valence-corrected chi connectivity index (χ1v) is 17.7. The molecule has 2 aliphatic heterocycles. The highest BCUT2D eigenvalue weighted by Crippen LogP contribution is 2.76. The third kappa shape index (κ3) is 4.74. The molecule has 0 aromatic heterocycles. The van der Waals surface area contributed by atoms with Crippen LogP contribution >= 0.6 is 0 Å². The molecule has 5 N–H and O–H groups in total. The minimum Gasteiger partial charge on any atom is -0.394 e. The van der Waals surface area contributed by atoms with Crippen LogP contribution < -0.4 is 0 Å². The second-order valence-electron chi connectivity index (χ2n) is 18.1. The lowest BCUT2D eigenvalue weighted by Crippen LogP contribution is -2.65. The second-order valence-corrected chi connectivity index (χ2v) is 18.1. The summed E-state index contributed by atoms with van der Waals surface area (Å²) in [5, 5.41) is 51.8. The van der Waals surface area contributed by atoms with Crippen LogP contribution in [0.25, 0.3) is 0 Å². The minimum absolute atomic E-state index is 0.0942. The average Bonchev–Trinajstić information content (AvgIpc) is 3.52. The van der Waals surface area contributed by atoms with E-state index >= 15 is 0 Å². The minimum atomic E-state index is -1.43. The Morgan fingerprint density at radius 1 is 0.727 bits per heavy atom. The van der Waals surface area contributed by atoms with Crippen molar-refractivity contribution in [1.29, 1.82) is 0 Å². The summed E-state index contributed by atoms with van der Waals surface area (Å²) in [5.74, 6) is 2.22. The summed E-state index contributed by atoms with van der Waals surface area (Å²) in [6.07, 6.45) is 4.59. The smallest absolute Gasteiger partial charge is 0.186 e. The van der Waals surface area contributed by atoms with Gasteiger partial charge in [0.2, 0.25) is 0 Å². The molecule has 4 saturated carbocycles. The van der Waals surface area contributed by atoms with Crippen LogP contribution in [-0.2, 0) is 14.2 Å². The predicted molar refractivity (Wildman–Crippen MR) is 166 cm³/mol. The van der Waals surface area contributed by atoms with Crippen LogP contribution in [0.15, 0.2) is 0 Å². The molecule has 2 saturated heterocycles. The van der Waals surface area contributed by atoms with Crippen molar-refractivity contribution in [2.75, 3.05) is 6.61 Å². The number of ether oxygens (including phenoxy) is 3. The second kappa shape index (κ2) is 10.8. The average molecular weight is 623 g/mol. The van der Waals surface area contributed by atoms with Gasteiger partial charge < -0.3 is 39.7 Å². The molecule has 0 amide bonds. The highest BCUT2D eigenvalue weighted by molar-refractivity contribution is 5.19. The van der Waals surface area contributed by atoms with Gasteiger partial charge in [0.25, 0.3) is 0 Å². The molecule has 2 heterocycles. The van der Waals surface area contributed by atoms with E-state index in [0.29, 0.717) is 23.7 Å². The number of hydrogen-bond donors (Lipinski definition) is 5. The van der Waals surface area contributed by atoms with Gasteiger partial charge in [-0.25, -0.2) is 0 Å². The Morgan fingerprint density at radius 3 is 2.05 bits per heavy atom. The normalized spacial score (nSPS) is 55.7. The van der Waals surface area contributed by atoms with Crippen LogP contribution in [0, 0.1) is 45.3 Å². The van der Waals surface area contributed by atoms with E-state index in [1.165, 1.54) is 32.1 Å². The number of hydrogen-bond acceptors (Lipinski definition) is 8. The summed E-state index contributed by atoms with van der Waals surface area (Å²) >= 11 is 0. The van der Waals surface area contributed by atoms with Crippen molar-refractivity contribution in [2.45, 2.75) is 174 Å². The Hall–Kier alpha value is -0.320.